The van der Waals surface area contributed by atoms with Crippen LogP contribution in [0.25, 0.3) is 10.2 Å². The van der Waals surface area contributed by atoms with Crippen molar-refractivity contribution in [3.8, 4) is 0 Å². The third kappa shape index (κ3) is 2.56. The van der Waals surface area contributed by atoms with Crippen LogP contribution in [-0.2, 0) is 11.2 Å². The van der Waals surface area contributed by atoms with E-state index >= 15 is 0 Å². The molecule has 0 N–H and O–H groups in total. The highest BCUT2D eigenvalue weighted by atomic mass is 32.1. The van der Waals surface area contributed by atoms with Crippen molar-refractivity contribution in [3.05, 3.63) is 28.8 Å². The summed E-state index contributed by atoms with van der Waals surface area (Å²) in [5.41, 5.74) is 1.81. The van der Waals surface area contributed by atoms with Crippen LogP contribution >= 0.6 is 11.3 Å². The Bertz CT molecular complexity index is 728. The third-order valence-corrected chi connectivity index (χ3v) is 6.40. The first-order valence-corrected chi connectivity index (χ1v) is 9.26. The minimum absolute atomic E-state index is 0.181. The molecule has 2 aliphatic rings. The van der Waals surface area contributed by atoms with Crippen LogP contribution in [0.5, 0.6) is 0 Å². The van der Waals surface area contributed by atoms with Crippen LogP contribution in [0.3, 0.4) is 0 Å². The van der Waals surface area contributed by atoms with Crippen LogP contribution in [0.1, 0.15) is 48.0 Å². The van der Waals surface area contributed by atoms with Crippen molar-refractivity contribution < 1.29 is 9.53 Å². The first-order valence-electron chi connectivity index (χ1n) is 8.44. The van der Waals surface area contributed by atoms with Crippen molar-refractivity contribution >= 4 is 27.5 Å². The molecule has 2 aliphatic heterocycles. The number of hydrogen-bond acceptors (Lipinski definition) is 4. The van der Waals surface area contributed by atoms with E-state index in [1.807, 2.05) is 18.2 Å². The molecule has 2 atom stereocenters. The molecule has 23 heavy (non-hydrogen) atoms. The number of thiazole rings is 1. The molecule has 4 rings (SSSR count). The quantitative estimate of drug-likeness (QED) is 0.863. The second-order valence-electron chi connectivity index (χ2n) is 6.57. The van der Waals surface area contributed by atoms with Crippen molar-refractivity contribution in [1.29, 1.82) is 0 Å². The molecule has 5 heteroatoms. The van der Waals surface area contributed by atoms with Crippen molar-refractivity contribution in [3.63, 3.8) is 0 Å². The molecule has 1 aromatic carbocycles. The third-order valence-electron chi connectivity index (χ3n) is 5.24. The average Bonchev–Trinajstić information content (AvgIpc) is 3.11. The second kappa shape index (κ2) is 5.87. The maximum Gasteiger partial charge on any atom is 0.254 e. The molecule has 2 aromatic rings. The Morgan fingerprint density at radius 3 is 2.74 bits per heavy atom. The summed E-state index contributed by atoms with van der Waals surface area (Å²) in [6.45, 7) is 2.11. The van der Waals surface area contributed by atoms with E-state index in [2.05, 4.69) is 16.8 Å². The maximum atomic E-state index is 13.0. The molecule has 2 bridgehead atoms. The van der Waals surface area contributed by atoms with Crippen molar-refractivity contribution in [1.82, 2.24) is 9.88 Å². The number of aryl methyl sites for hydroxylation is 1. The monoisotopic (exact) mass is 330 g/mol. The van der Waals surface area contributed by atoms with E-state index in [4.69, 9.17) is 4.74 Å². The normalized spacial score (nSPS) is 26.9. The fourth-order valence-electron chi connectivity index (χ4n) is 4.06. The minimum atomic E-state index is 0.181. The Labute approximate surface area is 140 Å². The fourth-order valence-corrected chi connectivity index (χ4v) is 5.00. The lowest BCUT2D eigenvalue weighted by Gasteiger charge is -2.38. The van der Waals surface area contributed by atoms with Gasteiger partial charge in [-0.15, -0.1) is 11.3 Å². The van der Waals surface area contributed by atoms with Crippen LogP contribution in [0.2, 0.25) is 0 Å². The highest BCUT2D eigenvalue weighted by Gasteiger charge is 2.43. The molecule has 2 saturated heterocycles. The van der Waals surface area contributed by atoms with Gasteiger partial charge in [-0.2, -0.15) is 0 Å². The number of carbonyl (C=O) groups is 1. The summed E-state index contributed by atoms with van der Waals surface area (Å²) in [4.78, 5) is 19.8. The van der Waals surface area contributed by atoms with Crippen LogP contribution in [0.4, 0.5) is 0 Å². The summed E-state index contributed by atoms with van der Waals surface area (Å²) in [5.74, 6) is 0.181. The highest BCUT2D eigenvalue weighted by Crippen LogP contribution is 2.38. The number of piperidine rings is 1. The smallest absolute Gasteiger partial charge is 0.254 e. The zero-order chi connectivity index (χ0) is 16.0. The van der Waals surface area contributed by atoms with Gasteiger partial charge in [0, 0.05) is 24.8 Å². The van der Waals surface area contributed by atoms with Gasteiger partial charge in [-0.1, -0.05) is 6.92 Å². The van der Waals surface area contributed by atoms with Crippen molar-refractivity contribution in [2.24, 2.45) is 0 Å². The van der Waals surface area contributed by atoms with Crippen molar-refractivity contribution in [2.75, 3.05) is 7.11 Å². The lowest BCUT2D eigenvalue weighted by atomic mass is 9.98. The first kappa shape index (κ1) is 15.1. The SMILES string of the molecule is CCc1nc2ccc(C(=O)N3C4CCC3CC(OC)C4)cc2s1. The van der Waals surface area contributed by atoms with E-state index < -0.39 is 0 Å². The van der Waals surface area contributed by atoms with E-state index in [1.54, 1.807) is 18.4 Å². The molecular weight excluding hydrogens is 308 g/mol. The van der Waals surface area contributed by atoms with Gasteiger partial charge in [0.2, 0.25) is 0 Å². The number of fused-ring (bicyclic) bond motifs is 3. The van der Waals surface area contributed by atoms with E-state index in [9.17, 15) is 4.79 Å². The molecule has 0 aliphatic carbocycles. The fraction of sp³-hybridized carbons (Fsp3) is 0.556. The Kier molecular flexibility index (Phi) is 3.85. The number of benzene rings is 1. The van der Waals surface area contributed by atoms with E-state index in [0.717, 1.165) is 52.9 Å². The van der Waals surface area contributed by atoms with Crippen molar-refractivity contribution in [2.45, 2.75) is 57.2 Å². The predicted octanol–water partition coefficient (Wildman–Crippen LogP) is 3.64. The van der Waals surface area contributed by atoms with Gasteiger partial charge in [-0.25, -0.2) is 4.98 Å². The molecule has 122 valence electrons. The molecular formula is C18H22N2O2S. The number of amides is 1. The number of carbonyl (C=O) groups excluding carboxylic acids is 1. The molecule has 3 heterocycles. The number of nitrogens with zero attached hydrogens (tertiary/aromatic N) is 2. The van der Waals surface area contributed by atoms with Gasteiger partial charge in [0.1, 0.15) is 0 Å². The Morgan fingerprint density at radius 1 is 1.35 bits per heavy atom. The van der Waals surface area contributed by atoms with Gasteiger partial charge in [0.25, 0.3) is 5.91 Å². The minimum Gasteiger partial charge on any atom is -0.381 e. The summed E-state index contributed by atoms with van der Waals surface area (Å²) in [6.07, 6.45) is 5.42. The van der Waals surface area contributed by atoms with E-state index in [-0.39, 0.29) is 5.91 Å². The van der Waals surface area contributed by atoms with Crippen LogP contribution in [0.15, 0.2) is 18.2 Å². The molecule has 0 spiro atoms. The van der Waals surface area contributed by atoms with Crippen LogP contribution in [-0.4, -0.2) is 41.1 Å². The first-order chi connectivity index (χ1) is 11.2. The average molecular weight is 330 g/mol. The lowest BCUT2D eigenvalue weighted by Crippen LogP contribution is -2.48. The maximum absolute atomic E-state index is 13.0. The summed E-state index contributed by atoms with van der Waals surface area (Å²) in [5, 5.41) is 1.13. The number of aromatic nitrogens is 1. The number of ether oxygens (including phenoxy) is 1. The Balaban J connectivity index is 1.62. The number of hydrogen-bond donors (Lipinski definition) is 0. The second-order valence-corrected chi connectivity index (χ2v) is 7.69. The zero-order valence-electron chi connectivity index (χ0n) is 13.6. The molecule has 1 amide bonds. The zero-order valence-corrected chi connectivity index (χ0v) is 14.4. The van der Waals surface area contributed by atoms with Crippen LogP contribution < -0.4 is 0 Å². The number of rotatable bonds is 3. The van der Waals surface area contributed by atoms with Gasteiger partial charge >= 0.3 is 0 Å². The molecule has 0 saturated carbocycles. The molecule has 2 unspecified atom stereocenters. The van der Waals surface area contributed by atoms with Gasteiger partial charge < -0.3 is 9.64 Å². The summed E-state index contributed by atoms with van der Waals surface area (Å²) < 4.78 is 6.65. The van der Waals surface area contributed by atoms with Gasteiger partial charge in [-0.05, 0) is 50.3 Å². The molecule has 2 fully saturated rings. The molecule has 4 nitrogen and oxygen atoms in total. The molecule has 1 aromatic heterocycles. The lowest BCUT2D eigenvalue weighted by molar-refractivity contribution is 0.00823. The Hall–Kier alpha value is -1.46. The largest absolute Gasteiger partial charge is 0.381 e. The van der Waals surface area contributed by atoms with E-state index in [0.29, 0.717) is 18.2 Å². The Morgan fingerprint density at radius 2 is 2.09 bits per heavy atom. The standard InChI is InChI=1S/C18H22N2O2S/c1-3-17-19-15-7-4-11(8-16(15)23-17)18(21)20-12-5-6-13(20)10-14(9-12)22-2/h4,7-8,12-14H,3,5-6,9-10H2,1-2H3. The van der Waals surface area contributed by atoms with Gasteiger partial charge in [0.15, 0.2) is 0 Å². The summed E-state index contributed by atoms with van der Waals surface area (Å²) in [7, 11) is 1.78. The number of methoxy groups -OCH3 is 1. The van der Waals surface area contributed by atoms with Gasteiger partial charge in [0.05, 0.1) is 21.3 Å². The highest BCUT2D eigenvalue weighted by molar-refractivity contribution is 7.18. The van der Waals surface area contributed by atoms with Crippen LogP contribution in [0, 0.1) is 0 Å². The predicted molar refractivity (Wildman–Crippen MR) is 92.0 cm³/mol. The topological polar surface area (TPSA) is 42.4 Å². The summed E-state index contributed by atoms with van der Waals surface area (Å²) in [6, 6.07) is 6.63. The van der Waals surface area contributed by atoms with E-state index in [1.165, 1.54) is 0 Å². The molecule has 0 radical (unpaired) electrons. The summed E-state index contributed by atoms with van der Waals surface area (Å²) >= 11 is 1.69. The van der Waals surface area contributed by atoms with Gasteiger partial charge in [-0.3, -0.25) is 4.79 Å².